The molecule has 0 aromatic heterocycles. The van der Waals surface area contributed by atoms with Gasteiger partial charge in [-0.1, -0.05) is 0 Å². The predicted octanol–water partition coefficient (Wildman–Crippen LogP) is -0.943. The smallest absolute Gasteiger partial charge is 0.129 e. The molecule has 0 amide bonds. The Kier molecular flexibility index (Phi) is 4.18. The second-order valence-corrected chi connectivity index (χ2v) is 2.13. The summed E-state index contributed by atoms with van der Waals surface area (Å²) in [5.41, 5.74) is -0.922. The molecule has 4 heteroatoms. The zero-order chi connectivity index (χ0) is 8.04. The van der Waals surface area contributed by atoms with Crippen LogP contribution in [0.4, 0.5) is 0 Å². The number of aliphatic imine (C=N–C) groups is 1. The van der Waals surface area contributed by atoms with Gasteiger partial charge < -0.3 is 14.9 Å². The van der Waals surface area contributed by atoms with Gasteiger partial charge in [-0.05, 0) is 6.72 Å². The molecule has 60 valence electrons. The highest BCUT2D eigenvalue weighted by Crippen LogP contribution is 2.07. The highest BCUT2D eigenvalue weighted by molar-refractivity contribution is 5.26. The molecule has 10 heavy (non-hydrogen) atoms. The van der Waals surface area contributed by atoms with Crippen LogP contribution in [-0.2, 0) is 4.74 Å². The number of hydrogen-bond acceptors (Lipinski definition) is 4. The molecule has 0 saturated heterocycles. The number of aliphatic hydroxyl groups excluding tert-OH is 2. The normalized spacial score (nSPS) is 11.5. The first kappa shape index (κ1) is 9.55. The Morgan fingerprint density at radius 1 is 1.50 bits per heavy atom. The molecule has 0 bridgehead atoms. The minimum Gasteiger partial charge on any atom is -0.394 e. The molecule has 0 aliphatic rings. The second-order valence-electron chi connectivity index (χ2n) is 2.13. The molecular formula is C6H13NO3. The van der Waals surface area contributed by atoms with E-state index in [9.17, 15) is 0 Å². The third-order valence-electron chi connectivity index (χ3n) is 1.34. The van der Waals surface area contributed by atoms with Gasteiger partial charge in [0, 0.05) is 7.11 Å². The van der Waals surface area contributed by atoms with Crippen molar-refractivity contribution in [2.45, 2.75) is 5.54 Å². The minimum atomic E-state index is -0.922. The number of aliphatic hydroxyl groups is 2. The van der Waals surface area contributed by atoms with Crippen LogP contribution in [0.3, 0.4) is 0 Å². The van der Waals surface area contributed by atoms with E-state index < -0.39 is 5.54 Å². The van der Waals surface area contributed by atoms with Crippen molar-refractivity contribution in [2.24, 2.45) is 4.99 Å². The van der Waals surface area contributed by atoms with Crippen molar-refractivity contribution < 1.29 is 14.9 Å². The van der Waals surface area contributed by atoms with Crippen molar-refractivity contribution in [1.29, 1.82) is 0 Å². The minimum absolute atomic E-state index is 0.184. The number of ether oxygens (including phenoxy) is 1. The molecule has 0 heterocycles. The Labute approximate surface area is 60.2 Å². The van der Waals surface area contributed by atoms with E-state index in [0.717, 1.165) is 0 Å². The summed E-state index contributed by atoms with van der Waals surface area (Å²) in [7, 11) is 1.48. The van der Waals surface area contributed by atoms with Crippen molar-refractivity contribution in [1.82, 2.24) is 0 Å². The fraction of sp³-hybridized carbons (Fsp3) is 0.833. The Balaban J connectivity index is 4.00. The number of hydrogen-bond donors (Lipinski definition) is 2. The van der Waals surface area contributed by atoms with Crippen molar-refractivity contribution >= 4 is 6.72 Å². The maximum atomic E-state index is 8.73. The Hall–Kier alpha value is -0.450. The van der Waals surface area contributed by atoms with E-state index >= 15 is 0 Å². The van der Waals surface area contributed by atoms with Crippen LogP contribution >= 0.6 is 0 Å². The van der Waals surface area contributed by atoms with Crippen LogP contribution in [0.15, 0.2) is 4.99 Å². The first-order valence-corrected chi connectivity index (χ1v) is 2.93. The maximum Gasteiger partial charge on any atom is 0.129 e. The van der Waals surface area contributed by atoms with E-state index in [0.29, 0.717) is 0 Å². The SMILES string of the molecule is C=NC(CO)(CO)COC. The van der Waals surface area contributed by atoms with E-state index in [4.69, 9.17) is 14.9 Å². The van der Waals surface area contributed by atoms with Gasteiger partial charge in [-0.15, -0.1) is 0 Å². The standard InChI is InChI=1S/C6H13NO3/c1-7-6(3-8,4-9)5-10-2/h8-9H,1,3-5H2,2H3. The summed E-state index contributed by atoms with van der Waals surface area (Å²) in [6.07, 6.45) is 0. The Morgan fingerprint density at radius 2 is 2.00 bits per heavy atom. The lowest BCUT2D eigenvalue weighted by molar-refractivity contribution is 0.0494. The molecule has 0 spiro atoms. The van der Waals surface area contributed by atoms with Gasteiger partial charge in [-0.2, -0.15) is 0 Å². The highest BCUT2D eigenvalue weighted by Gasteiger charge is 2.26. The summed E-state index contributed by atoms with van der Waals surface area (Å²) in [5.74, 6) is 0. The first-order chi connectivity index (χ1) is 4.74. The Morgan fingerprint density at radius 3 is 2.10 bits per heavy atom. The molecule has 0 unspecified atom stereocenters. The number of rotatable bonds is 5. The lowest BCUT2D eigenvalue weighted by Crippen LogP contribution is -2.40. The third kappa shape index (κ3) is 2.06. The lowest BCUT2D eigenvalue weighted by atomic mass is 10.1. The van der Waals surface area contributed by atoms with Crippen LogP contribution in [0.2, 0.25) is 0 Å². The van der Waals surface area contributed by atoms with Crippen LogP contribution in [0.25, 0.3) is 0 Å². The van der Waals surface area contributed by atoms with E-state index in [1.807, 2.05) is 0 Å². The van der Waals surface area contributed by atoms with Gasteiger partial charge in [-0.3, -0.25) is 4.99 Å². The fourth-order valence-corrected chi connectivity index (χ4v) is 0.556. The number of methoxy groups -OCH3 is 1. The fourth-order valence-electron chi connectivity index (χ4n) is 0.556. The number of nitrogens with zero attached hydrogens (tertiary/aromatic N) is 1. The van der Waals surface area contributed by atoms with Crippen molar-refractivity contribution in [3.63, 3.8) is 0 Å². The van der Waals surface area contributed by atoms with Crippen LogP contribution in [0.5, 0.6) is 0 Å². The molecule has 0 rings (SSSR count). The summed E-state index contributed by atoms with van der Waals surface area (Å²) < 4.78 is 4.73. The zero-order valence-electron chi connectivity index (χ0n) is 6.08. The van der Waals surface area contributed by atoms with Crippen LogP contribution < -0.4 is 0 Å². The van der Waals surface area contributed by atoms with E-state index in [-0.39, 0.29) is 19.8 Å². The topological polar surface area (TPSA) is 62.1 Å². The van der Waals surface area contributed by atoms with Crippen LogP contribution in [-0.4, -0.2) is 49.4 Å². The molecule has 0 radical (unpaired) electrons. The summed E-state index contributed by atoms with van der Waals surface area (Å²) in [5, 5.41) is 17.5. The zero-order valence-corrected chi connectivity index (χ0v) is 6.08. The van der Waals surface area contributed by atoms with Gasteiger partial charge in [0.25, 0.3) is 0 Å². The van der Waals surface area contributed by atoms with Crippen molar-refractivity contribution in [3.8, 4) is 0 Å². The average Bonchev–Trinajstić information content (AvgIpc) is 2.01. The molecule has 0 aliphatic carbocycles. The van der Waals surface area contributed by atoms with Gasteiger partial charge >= 0.3 is 0 Å². The Bertz CT molecular complexity index is 101. The van der Waals surface area contributed by atoms with E-state index in [1.165, 1.54) is 7.11 Å². The first-order valence-electron chi connectivity index (χ1n) is 2.93. The lowest BCUT2D eigenvalue weighted by Gasteiger charge is -2.22. The highest BCUT2D eigenvalue weighted by atomic mass is 16.5. The predicted molar refractivity (Wildman–Crippen MR) is 38.3 cm³/mol. The van der Waals surface area contributed by atoms with Gasteiger partial charge in [0.2, 0.25) is 0 Å². The second kappa shape index (κ2) is 4.38. The molecule has 0 aromatic carbocycles. The summed E-state index contributed by atoms with van der Waals surface area (Å²) in [4.78, 5) is 3.57. The molecule has 0 aliphatic heterocycles. The molecule has 2 N–H and O–H groups in total. The molecule has 0 saturated carbocycles. The molecule has 0 aromatic rings. The van der Waals surface area contributed by atoms with Crippen molar-refractivity contribution in [2.75, 3.05) is 26.9 Å². The maximum absolute atomic E-state index is 8.73. The van der Waals surface area contributed by atoms with Gasteiger partial charge in [0.05, 0.1) is 19.8 Å². The molecule has 4 nitrogen and oxygen atoms in total. The van der Waals surface area contributed by atoms with E-state index in [1.54, 1.807) is 0 Å². The largest absolute Gasteiger partial charge is 0.394 e. The monoisotopic (exact) mass is 147 g/mol. The van der Waals surface area contributed by atoms with Gasteiger partial charge in [0.15, 0.2) is 0 Å². The van der Waals surface area contributed by atoms with Gasteiger partial charge in [0.1, 0.15) is 5.54 Å². The van der Waals surface area contributed by atoms with Crippen LogP contribution in [0, 0.1) is 0 Å². The summed E-state index contributed by atoms with van der Waals surface area (Å²) in [6, 6.07) is 0. The van der Waals surface area contributed by atoms with Crippen molar-refractivity contribution in [3.05, 3.63) is 0 Å². The third-order valence-corrected chi connectivity index (χ3v) is 1.34. The molecular weight excluding hydrogens is 134 g/mol. The quantitative estimate of drug-likeness (QED) is 0.493. The average molecular weight is 147 g/mol. The molecule has 0 fully saturated rings. The summed E-state index contributed by atoms with van der Waals surface area (Å²) in [6.45, 7) is 2.93. The molecule has 0 atom stereocenters. The van der Waals surface area contributed by atoms with E-state index in [2.05, 4.69) is 11.7 Å². The van der Waals surface area contributed by atoms with Crippen LogP contribution in [0.1, 0.15) is 0 Å². The summed E-state index contributed by atoms with van der Waals surface area (Å²) >= 11 is 0. The van der Waals surface area contributed by atoms with Gasteiger partial charge in [-0.25, -0.2) is 0 Å².